The summed E-state index contributed by atoms with van der Waals surface area (Å²) >= 11 is 0. The van der Waals surface area contributed by atoms with Gasteiger partial charge in [0.1, 0.15) is 18.4 Å². The van der Waals surface area contributed by atoms with E-state index < -0.39 is 16.9 Å². The topological polar surface area (TPSA) is 118 Å². The van der Waals surface area contributed by atoms with E-state index in [1.165, 1.54) is 23.1 Å². The van der Waals surface area contributed by atoms with Gasteiger partial charge in [-0.05, 0) is 49.2 Å². The predicted molar refractivity (Wildman–Crippen MR) is 172 cm³/mol. The van der Waals surface area contributed by atoms with Crippen LogP contribution in [0.25, 0.3) is 10.9 Å². The number of aryl methyl sites for hydroxylation is 2. The Morgan fingerprint density at radius 3 is 2.55 bits per heavy atom. The Bertz CT molecular complexity index is 1810. The Hall–Kier alpha value is -5.70. The van der Waals surface area contributed by atoms with Crippen molar-refractivity contribution < 1.29 is 19.2 Å². The molecule has 0 saturated heterocycles. The maximum absolute atomic E-state index is 14.3. The highest BCUT2D eigenvalue weighted by molar-refractivity contribution is 6.06. The van der Waals surface area contributed by atoms with Crippen molar-refractivity contribution in [1.29, 1.82) is 0 Å². The molecule has 0 aliphatic rings. The number of carbonyl (C=O) groups excluding carboxylic acids is 2. The van der Waals surface area contributed by atoms with E-state index in [1.807, 2.05) is 49.5 Å². The number of carbonyl (C=O) groups is 2. The Labute approximate surface area is 254 Å². The number of nitro benzene ring substituents is 1. The molecule has 5 rings (SSSR count). The van der Waals surface area contributed by atoms with Gasteiger partial charge in [0.25, 0.3) is 11.6 Å². The van der Waals surface area contributed by atoms with Crippen molar-refractivity contribution in [2.24, 2.45) is 0 Å². The van der Waals surface area contributed by atoms with Crippen LogP contribution in [0.3, 0.4) is 0 Å². The van der Waals surface area contributed by atoms with Crippen LogP contribution < -0.4 is 15.0 Å². The average molecular weight is 589 g/mol. The van der Waals surface area contributed by atoms with E-state index in [9.17, 15) is 19.7 Å². The van der Waals surface area contributed by atoms with Crippen LogP contribution in [0, 0.1) is 17.0 Å². The number of non-ortho nitro benzene ring substituents is 1. The molecule has 0 bridgehead atoms. The molecule has 2 N–H and O–H groups in total. The highest BCUT2D eigenvalue weighted by atomic mass is 16.6. The minimum absolute atomic E-state index is 0.117. The number of anilines is 2. The van der Waals surface area contributed by atoms with Crippen molar-refractivity contribution >= 4 is 39.8 Å². The van der Waals surface area contributed by atoms with Gasteiger partial charge in [-0.15, -0.1) is 0 Å². The molecule has 0 spiro atoms. The highest BCUT2D eigenvalue weighted by Crippen LogP contribution is 2.35. The number of rotatable bonds is 12. The second kappa shape index (κ2) is 13.5. The molecule has 44 heavy (non-hydrogen) atoms. The number of nitro groups is 1. The SMILES string of the molecule is C=CCOc1ccccc1[C@@H](C(=O)Nc1cccc([N+](=O)[O-])c1)N(C(=O)CCc1c[nH]c2ccccc12)c1ccc(C)cc1. The fourth-order valence-electron chi connectivity index (χ4n) is 5.13. The van der Waals surface area contributed by atoms with Crippen LogP contribution in [-0.4, -0.2) is 28.3 Å². The normalized spacial score (nSPS) is 11.5. The van der Waals surface area contributed by atoms with Crippen LogP contribution in [-0.2, 0) is 16.0 Å². The quantitative estimate of drug-likeness (QED) is 0.0901. The Kier molecular flexibility index (Phi) is 9.15. The van der Waals surface area contributed by atoms with Crippen LogP contribution in [0.5, 0.6) is 5.75 Å². The van der Waals surface area contributed by atoms with E-state index in [1.54, 1.807) is 48.5 Å². The third-order valence-corrected chi connectivity index (χ3v) is 7.27. The van der Waals surface area contributed by atoms with Crippen LogP contribution in [0.15, 0.2) is 116 Å². The lowest BCUT2D eigenvalue weighted by atomic mass is 10.00. The lowest BCUT2D eigenvalue weighted by Gasteiger charge is -2.32. The number of hydrogen-bond acceptors (Lipinski definition) is 5. The molecule has 1 aromatic heterocycles. The first kappa shape index (κ1) is 29.8. The molecular formula is C35H32N4O5. The summed E-state index contributed by atoms with van der Waals surface area (Å²) < 4.78 is 5.94. The van der Waals surface area contributed by atoms with Crippen LogP contribution >= 0.6 is 0 Å². The van der Waals surface area contributed by atoms with Gasteiger partial charge in [0.15, 0.2) is 0 Å². The number of aromatic nitrogens is 1. The molecule has 4 aromatic carbocycles. The second-order valence-corrected chi connectivity index (χ2v) is 10.3. The van der Waals surface area contributed by atoms with Gasteiger partial charge >= 0.3 is 0 Å². The number of nitrogens with one attached hydrogen (secondary N) is 2. The summed E-state index contributed by atoms with van der Waals surface area (Å²) in [7, 11) is 0. The molecule has 0 aliphatic carbocycles. The Morgan fingerprint density at radius 1 is 1.02 bits per heavy atom. The van der Waals surface area contributed by atoms with E-state index in [2.05, 4.69) is 16.9 Å². The number of H-pyrrole nitrogens is 1. The van der Waals surface area contributed by atoms with Gasteiger partial charge in [-0.3, -0.25) is 24.6 Å². The van der Waals surface area contributed by atoms with E-state index in [4.69, 9.17) is 4.74 Å². The van der Waals surface area contributed by atoms with E-state index in [0.717, 1.165) is 22.0 Å². The summed E-state index contributed by atoms with van der Waals surface area (Å²) in [6.07, 6.45) is 4.06. The Balaban J connectivity index is 1.58. The van der Waals surface area contributed by atoms with E-state index in [0.29, 0.717) is 23.4 Å². The number of fused-ring (bicyclic) bond motifs is 1. The van der Waals surface area contributed by atoms with Crippen LogP contribution in [0.4, 0.5) is 17.1 Å². The van der Waals surface area contributed by atoms with Gasteiger partial charge in [-0.1, -0.05) is 72.8 Å². The molecule has 0 unspecified atom stereocenters. The molecule has 0 radical (unpaired) electrons. The summed E-state index contributed by atoms with van der Waals surface area (Å²) in [5, 5.41) is 15.3. The molecular weight excluding hydrogens is 556 g/mol. The average Bonchev–Trinajstić information content (AvgIpc) is 3.45. The van der Waals surface area contributed by atoms with Crippen molar-refractivity contribution in [2.75, 3.05) is 16.8 Å². The molecule has 0 saturated carbocycles. The summed E-state index contributed by atoms with van der Waals surface area (Å²) in [5.41, 5.74) is 4.01. The number of hydrogen-bond donors (Lipinski definition) is 2. The smallest absolute Gasteiger partial charge is 0.271 e. The lowest BCUT2D eigenvalue weighted by molar-refractivity contribution is -0.384. The zero-order valence-electron chi connectivity index (χ0n) is 24.2. The fraction of sp³-hybridized carbons (Fsp3) is 0.143. The first-order chi connectivity index (χ1) is 21.4. The second-order valence-electron chi connectivity index (χ2n) is 10.3. The summed E-state index contributed by atoms with van der Waals surface area (Å²) in [6, 6.07) is 26.8. The summed E-state index contributed by atoms with van der Waals surface area (Å²) in [6.45, 7) is 5.86. The molecule has 0 fully saturated rings. The number of nitrogens with zero attached hydrogens (tertiary/aromatic N) is 2. The van der Waals surface area contributed by atoms with Gasteiger partial charge in [-0.2, -0.15) is 0 Å². The zero-order valence-corrected chi connectivity index (χ0v) is 24.2. The van der Waals surface area contributed by atoms with Gasteiger partial charge in [-0.25, -0.2) is 0 Å². The first-order valence-corrected chi connectivity index (χ1v) is 14.2. The number of para-hydroxylation sites is 2. The van der Waals surface area contributed by atoms with Crippen molar-refractivity contribution in [3.63, 3.8) is 0 Å². The molecule has 9 nitrogen and oxygen atoms in total. The zero-order chi connectivity index (χ0) is 31.1. The largest absolute Gasteiger partial charge is 0.489 e. The number of aromatic amines is 1. The molecule has 1 atom stereocenters. The van der Waals surface area contributed by atoms with Crippen molar-refractivity contribution in [3.05, 3.63) is 143 Å². The van der Waals surface area contributed by atoms with Crippen LogP contribution in [0.1, 0.15) is 29.2 Å². The maximum atomic E-state index is 14.3. The van der Waals surface area contributed by atoms with E-state index >= 15 is 0 Å². The van der Waals surface area contributed by atoms with E-state index in [-0.39, 0.29) is 30.3 Å². The summed E-state index contributed by atoms with van der Waals surface area (Å²) in [4.78, 5) is 44.2. The van der Waals surface area contributed by atoms with Gasteiger partial charge in [0.05, 0.1) is 4.92 Å². The van der Waals surface area contributed by atoms with Gasteiger partial charge in [0, 0.05) is 52.6 Å². The standard InChI is InChI=1S/C35H32N4O5/c1-3-21-44-32-14-7-5-12-30(32)34(35(41)37-26-9-8-10-28(22-26)39(42)43)38(27-18-15-24(2)16-19-27)33(40)20-17-25-23-36-31-13-6-4-11-29(25)31/h3-16,18-19,22-23,34,36H,1,17,20-21H2,2H3,(H,37,41)/t34-/m0/s1. The molecule has 222 valence electrons. The number of ether oxygens (including phenoxy) is 1. The maximum Gasteiger partial charge on any atom is 0.271 e. The number of benzene rings is 4. The van der Waals surface area contributed by atoms with Crippen molar-refractivity contribution in [1.82, 2.24) is 4.98 Å². The first-order valence-electron chi connectivity index (χ1n) is 14.2. The Morgan fingerprint density at radius 2 is 1.77 bits per heavy atom. The molecule has 0 aliphatic heterocycles. The van der Waals surface area contributed by atoms with Crippen molar-refractivity contribution in [3.8, 4) is 5.75 Å². The minimum atomic E-state index is -1.17. The lowest BCUT2D eigenvalue weighted by Crippen LogP contribution is -2.42. The fourth-order valence-corrected chi connectivity index (χ4v) is 5.13. The molecule has 1 heterocycles. The monoisotopic (exact) mass is 588 g/mol. The third kappa shape index (κ3) is 6.68. The highest BCUT2D eigenvalue weighted by Gasteiger charge is 2.35. The summed E-state index contributed by atoms with van der Waals surface area (Å²) in [5.74, 6) is -0.425. The molecule has 2 amide bonds. The number of amides is 2. The third-order valence-electron chi connectivity index (χ3n) is 7.27. The molecule has 5 aromatic rings. The van der Waals surface area contributed by atoms with Gasteiger partial charge < -0.3 is 15.0 Å². The van der Waals surface area contributed by atoms with Gasteiger partial charge in [0.2, 0.25) is 5.91 Å². The van der Waals surface area contributed by atoms with Crippen LogP contribution in [0.2, 0.25) is 0 Å². The van der Waals surface area contributed by atoms with Crippen molar-refractivity contribution in [2.45, 2.75) is 25.8 Å². The predicted octanol–water partition coefficient (Wildman–Crippen LogP) is 7.30. The minimum Gasteiger partial charge on any atom is -0.489 e. The molecule has 9 heteroatoms.